The average Bonchev–Trinajstić information content (AvgIpc) is 3.41. The van der Waals surface area contributed by atoms with E-state index in [1.165, 1.54) is 6.07 Å². The summed E-state index contributed by atoms with van der Waals surface area (Å²) in [7, 11) is -3.98. The van der Waals surface area contributed by atoms with Crippen LogP contribution in [0.3, 0.4) is 0 Å². The Hall–Kier alpha value is -3.55. The number of nitrogens with zero attached hydrogens (tertiary/aromatic N) is 6. The molecule has 0 aliphatic carbocycles. The molecular weight excluding hydrogens is 396 g/mol. The zero-order valence-corrected chi connectivity index (χ0v) is 15.8. The SMILES string of the molecule is NS(=O)(=O)c1cccc(-c2ccc(CNCc3nn[nH]n3)cc2)c1-c1nn[nH]n1. The van der Waals surface area contributed by atoms with Crippen molar-refractivity contribution >= 4 is 10.0 Å². The summed E-state index contributed by atoms with van der Waals surface area (Å²) in [6.45, 7) is 1.08. The molecule has 0 saturated carbocycles. The molecule has 0 aliphatic rings. The lowest BCUT2D eigenvalue weighted by atomic mass is 9.98. The van der Waals surface area contributed by atoms with Gasteiger partial charge in [0.15, 0.2) is 5.82 Å². The third-order valence-corrected chi connectivity index (χ3v) is 5.12. The van der Waals surface area contributed by atoms with Gasteiger partial charge >= 0.3 is 0 Å². The van der Waals surface area contributed by atoms with Crippen LogP contribution in [0.25, 0.3) is 22.5 Å². The van der Waals surface area contributed by atoms with E-state index in [2.05, 4.69) is 46.6 Å². The molecule has 0 fully saturated rings. The largest absolute Gasteiger partial charge is 0.306 e. The van der Waals surface area contributed by atoms with E-state index in [9.17, 15) is 8.42 Å². The topological polar surface area (TPSA) is 181 Å². The van der Waals surface area contributed by atoms with Crippen molar-refractivity contribution in [2.24, 2.45) is 5.14 Å². The predicted molar refractivity (Wildman–Crippen MR) is 101 cm³/mol. The van der Waals surface area contributed by atoms with Crippen molar-refractivity contribution in [2.75, 3.05) is 0 Å². The van der Waals surface area contributed by atoms with Crippen molar-refractivity contribution in [3.8, 4) is 22.5 Å². The Morgan fingerprint density at radius 1 is 0.931 bits per heavy atom. The summed E-state index contributed by atoms with van der Waals surface area (Å²) in [5.41, 5.74) is 2.74. The molecule has 2 aromatic carbocycles. The van der Waals surface area contributed by atoms with Crippen molar-refractivity contribution in [3.63, 3.8) is 0 Å². The maximum Gasteiger partial charge on any atom is 0.238 e. The molecule has 12 nitrogen and oxygen atoms in total. The zero-order chi connectivity index (χ0) is 20.3. The lowest BCUT2D eigenvalue weighted by molar-refractivity contribution is 0.598. The van der Waals surface area contributed by atoms with Gasteiger partial charge in [0.25, 0.3) is 0 Å². The van der Waals surface area contributed by atoms with Crippen LogP contribution in [0.2, 0.25) is 0 Å². The second-order valence-electron chi connectivity index (χ2n) is 6.09. The second-order valence-corrected chi connectivity index (χ2v) is 7.62. The van der Waals surface area contributed by atoms with Gasteiger partial charge in [-0.2, -0.15) is 10.4 Å². The Balaban J connectivity index is 1.63. The first kappa shape index (κ1) is 18.8. The van der Waals surface area contributed by atoms with Crippen LogP contribution in [-0.4, -0.2) is 49.7 Å². The summed E-state index contributed by atoms with van der Waals surface area (Å²) in [5.74, 6) is 0.724. The highest BCUT2D eigenvalue weighted by Gasteiger charge is 2.22. The minimum Gasteiger partial charge on any atom is -0.306 e. The molecule has 5 N–H and O–H groups in total. The number of aromatic amines is 2. The second kappa shape index (κ2) is 7.83. The Kier molecular flexibility index (Phi) is 5.07. The molecule has 4 aromatic rings. The van der Waals surface area contributed by atoms with Gasteiger partial charge in [0.05, 0.1) is 17.0 Å². The number of aromatic nitrogens is 8. The summed E-state index contributed by atoms with van der Waals surface area (Å²) in [6, 6.07) is 12.5. The number of hydrogen-bond donors (Lipinski definition) is 4. The Labute approximate surface area is 165 Å². The lowest BCUT2D eigenvalue weighted by Gasteiger charge is -2.12. The maximum atomic E-state index is 12.1. The van der Waals surface area contributed by atoms with Crippen LogP contribution >= 0.6 is 0 Å². The molecule has 2 heterocycles. The van der Waals surface area contributed by atoms with Gasteiger partial charge in [-0.1, -0.05) is 41.6 Å². The number of nitrogens with two attached hydrogens (primary N) is 1. The van der Waals surface area contributed by atoms with E-state index in [0.29, 0.717) is 30.0 Å². The van der Waals surface area contributed by atoms with E-state index in [1.54, 1.807) is 12.1 Å². The highest BCUT2D eigenvalue weighted by Crippen LogP contribution is 2.34. The van der Waals surface area contributed by atoms with Crippen molar-refractivity contribution in [1.29, 1.82) is 0 Å². The number of nitrogens with one attached hydrogen (secondary N) is 3. The van der Waals surface area contributed by atoms with Crippen LogP contribution in [0.1, 0.15) is 11.4 Å². The van der Waals surface area contributed by atoms with Crippen LogP contribution in [0.5, 0.6) is 0 Å². The third kappa shape index (κ3) is 4.16. The smallest absolute Gasteiger partial charge is 0.238 e. The first-order valence-corrected chi connectivity index (χ1v) is 9.99. The normalized spacial score (nSPS) is 11.6. The van der Waals surface area contributed by atoms with Crippen molar-refractivity contribution in [3.05, 3.63) is 53.9 Å². The van der Waals surface area contributed by atoms with E-state index < -0.39 is 10.0 Å². The molecule has 0 spiro atoms. The monoisotopic (exact) mass is 412 g/mol. The molecule has 0 aliphatic heterocycles. The molecular formula is C16H16N10O2S. The summed E-state index contributed by atoms with van der Waals surface area (Å²) >= 11 is 0. The van der Waals surface area contributed by atoms with Gasteiger partial charge in [-0.25, -0.2) is 13.6 Å². The number of tetrazole rings is 2. The fourth-order valence-corrected chi connectivity index (χ4v) is 3.64. The van der Waals surface area contributed by atoms with Crippen molar-refractivity contribution in [1.82, 2.24) is 46.6 Å². The van der Waals surface area contributed by atoms with Gasteiger partial charge in [-0.15, -0.1) is 20.4 Å². The minimum atomic E-state index is -3.98. The van der Waals surface area contributed by atoms with E-state index in [-0.39, 0.29) is 10.7 Å². The molecule has 0 saturated heterocycles. The quantitative estimate of drug-likeness (QED) is 0.324. The first-order chi connectivity index (χ1) is 14.0. The number of benzene rings is 2. The van der Waals surface area contributed by atoms with Gasteiger partial charge in [0, 0.05) is 6.54 Å². The van der Waals surface area contributed by atoms with E-state index in [1.807, 2.05) is 24.3 Å². The number of primary sulfonamides is 1. The standard InChI is InChI=1S/C16H16N10O2S/c17-29(27,28)13-3-1-2-12(15(13)16-21-25-26-22-16)11-6-4-10(5-7-11)8-18-9-14-19-23-24-20-14/h1-7,18H,8-9H2,(H2,17,27,28)(H,19,20,23,24)(H,21,22,25,26). The lowest BCUT2D eigenvalue weighted by Crippen LogP contribution is -2.14. The number of sulfonamides is 1. The molecule has 2 aromatic heterocycles. The number of rotatable bonds is 7. The predicted octanol–water partition coefficient (Wildman–Crippen LogP) is -0.0160. The maximum absolute atomic E-state index is 12.1. The Bertz CT molecular complexity index is 1190. The minimum absolute atomic E-state index is 0.0674. The summed E-state index contributed by atoms with van der Waals surface area (Å²) in [5, 5.41) is 36.0. The fraction of sp³-hybridized carbons (Fsp3) is 0.125. The number of hydrogen-bond acceptors (Lipinski definition) is 9. The Morgan fingerprint density at radius 2 is 1.69 bits per heavy atom. The zero-order valence-electron chi connectivity index (χ0n) is 14.9. The van der Waals surface area contributed by atoms with Gasteiger partial charge in [-0.3, -0.25) is 0 Å². The molecule has 4 rings (SSSR count). The van der Waals surface area contributed by atoms with Crippen LogP contribution < -0.4 is 10.5 Å². The first-order valence-electron chi connectivity index (χ1n) is 8.44. The van der Waals surface area contributed by atoms with Crippen molar-refractivity contribution < 1.29 is 8.42 Å². The van der Waals surface area contributed by atoms with Crippen molar-refractivity contribution in [2.45, 2.75) is 18.0 Å². The van der Waals surface area contributed by atoms with Crippen LogP contribution in [0.15, 0.2) is 47.4 Å². The highest BCUT2D eigenvalue weighted by molar-refractivity contribution is 7.89. The van der Waals surface area contributed by atoms with Gasteiger partial charge in [0.2, 0.25) is 15.8 Å². The van der Waals surface area contributed by atoms with Crippen LogP contribution in [-0.2, 0) is 23.1 Å². The molecule has 0 unspecified atom stereocenters. The molecule has 0 radical (unpaired) electrons. The van der Waals surface area contributed by atoms with E-state index in [4.69, 9.17) is 5.14 Å². The van der Waals surface area contributed by atoms with Crippen LogP contribution in [0.4, 0.5) is 0 Å². The highest BCUT2D eigenvalue weighted by atomic mass is 32.2. The fourth-order valence-electron chi connectivity index (χ4n) is 2.89. The van der Waals surface area contributed by atoms with E-state index in [0.717, 1.165) is 11.1 Å². The van der Waals surface area contributed by atoms with E-state index >= 15 is 0 Å². The van der Waals surface area contributed by atoms with Gasteiger partial charge < -0.3 is 5.32 Å². The Morgan fingerprint density at radius 3 is 2.34 bits per heavy atom. The molecule has 148 valence electrons. The number of H-pyrrole nitrogens is 2. The van der Waals surface area contributed by atoms with Crippen LogP contribution in [0, 0.1) is 0 Å². The molecule has 0 bridgehead atoms. The summed E-state index contributed by atoms with van der Waals surface area (Å²) in [4.78, 5) is -0.0674. The third-order valence-electron chi connectivity index (χ3n) is 4.17. The molecule has 0 atom stereocenters. The molecule has 13 heteroatoms. The van der Waals surface area contributed by atoms with Gasteiger partial charge in [0.1, 0.15) is 0 Å². The molecule has 0 amide bonds. The van der Waals surface area contributed by atoms with Gasteiger partial charge in [-0.05, 0) is 28.0 Å². The summed E-state index contributed by atoms with van der Waals surface area (Å²) < 4.78 is 24.1. The summed E-state index contributed by atoms with van der Waals surface area (Å²) in [6.07, 6.45) is 0. The average molecular weight is 412 g/mol. The molecule has 29 heavy (non-hydrogen) atoms.